The van der Waals surface area contributed by atoms with Crippen LogP contribution in [0.2, 0.25) is 0 Å². The Morgan fingerprint density at radius 1 is 1.11 bits per heavy atom. The van der Waals surface area contributed by atoms with E-state index in [1.807, 2.05) is 0 Å². The van der Waals surface area contributed by atoms with Crippen molar-refractivity contribution in [3.63, 3.8) is 0 Å². The number of hydrogen-bond donors (Lipinski definition) is 3. The zero-order valence-corrected chi connectivity index (χ0v) is 16.9. The van der Waals surface area contributed by atoms with Crippen molar-refractivity contribution in [1.29, 1.82) is 0 Å². The van der Waals surface area contributed by atoms with Crippen molar-refractivity contribution in [3.05, 3.63) is 11.6 Å². The lowest BCUT2D eigenvalue weighted by Gasteiger charge is -2.64. The standard InChI is InChI=1S/C23H34O5/c1-21-7-5-18-19(3-2-15-11-16(25)4-8-22(15,18)13-24)23(21,27)9-6-17(21)14-10-20(26)28-12-14/h10,15-19,24-25,27H,2-9,11-13H2,1H3/t15-,16+,17-,18-,19+,21-,22-,23+/m1/s1. The lowest BCUT2D eigenvalue weighted by atomic mass is 9.43. The van der Waals surface area contributed by atoms with E-state index in [2.05, 4.69) is 6.92 Å². The molecule has 4 fully saturated rings. The summed E-state index contributed by atoms with van der Waals surface area (Å²) in [5.74, 6) is 0.866. The van der Waals surface area contributed by atoms with Gasteiger partial charge in [0.05, 0.1) is 11.7 Å². The molecule has 0 unspecified atom stereocenters. The highest BCUT2D eigenvalue weighted by Gasteiger charge is 2.68. The Bertz CT molecular complexity index is 703. The maximum absolute atomic E-state index is 12.1. The normalized spacial score (nSPS) is 53.1. The highest BCUT2D eigenvalue weighted by molar-refractivity contribution is 5.85. The van der Waals surface area contributed by atoms with E-state index in [-0.39, 0.29) is 41.3 Å². The highest BCUT2D eigenvalue weighted by atomic mass is 16.5. The molecule has 156 valence electrons. The second-order valence-electron chi connectivity index (χ2n) is 10.6. The van der Waals surface area contributed by atoms with Gasteiger partial charge in [0.25, 0.3) is 0 Å². The van der Waals surface area contributed by atoms with E-state index >= 15 is 0 Å². The van der Waals surface area contributed by atoms with Crippen molar-refractivity contribution >= 4 is 5.97 Å². The van der Waals surface area contributed by atoms with Crippen LogP contribution in [-0.4, -0.2) is 46.2 Å². The predicted octanol–water partition coefficient (Wildman–Crippen LogP) is 2.58. The van der Waals surface area contributed by atoms with Crippen LogP contribution in [0.25, 0.3) is 0 Å². The van der Waals surface area contributed by atoms with E-state index in [0.29, 0.717) is 18.4 Å². The summed E-state index contributed by atoms with van der Waals surface area (Å²) < 4.78 is 5.19. The highest BCUT2D eigenvalue weighted by Crippen LogP contribution is 2.69. The second kappa shape index (κ2) is 6.29. The third-order valence-electron chi connectivity index (χ3n) is 9.95. The van der Waals surface area contributed by atoms with Crippen molar-refractivity contribution < 1.29 is 24.9 Å². The molecule has 0 spiro atoms. The minimum Gasteiger partial charge on any atom is -0.458 e. The van der Waals surface area contributed by atoms with Crippen LogP contribution in [0.1, 0.15) is 64.7 Å². The van der Waals surface area contributed by atoms with Crippen molar-refractivity contribution in [2.24, 2.45) is 34.5 Å². The first-order chi connectivity index (χ1) is 13.3. The summed E-state index contributed by atoms with van der Waals surface area (Å²) in [5.41, 5.74) is -0.0431. The molecule has 4 saturated carbocycles. The smallest absolute Gasteiger partial charge is 0.331 e. The topological polar surface area (TPSA) is 87.0 Å². The van der Waals surface area contributed by atoms with Crippen molar-refractivity contribution in [2.75, 3.05) is 13.2 Å². The number of hydrogen-bond acceptors (Lipinski definition) is 5. The third kappa shape index (κ3) is 2.33. The molecule has 0 aromatic rings. The monoisotopic (exact) mass is 390 g/mol. The molecule has 5 aliphatic rings. The third-order valence-corrected chi connectivity index (χ3v) is 9.95. The van der Waals surface area contributed by atoms with E-state index in [4.69, 9.17) is 4.74 Å². The summed E-state index contributed by atoms with van der Waals surface area (Å²) >= 11 is 0. The average molecular weight is 391 g/mol. The molecule has 5 nitrogen and oxygen atoms in total. The second-order valence-corrected chi connectivity index (χ2v) is 10.6. The summed E-state index contributed by atoms with van der Waals surface area (Å²) in [7, 11) is 0. The van der Waals surface area contributed by atoms with Gasteiger partial charge in [-0.3, -0.25) is 0 Å². The molecule has 0 radical (unpaired) electrons. The summed E-state index contributed by atoms with van der Waals surface area (Å²) in [6.45, 7) is 2.78. The van der Waals surface area contributed by atoms with E-state index in [1.165, 1.54) is 0 Å². The molecule has 0 amide bonds. The van der Waals surface area contributed by atoms with Crippen LogP contribution in [0.15, 0.2) is 11.6 Å². The molecule has 0 aromatic heterocycles. The van der Waals surface area contributed by atoms with Gasteiger partial charge in [-0.1, -0.05) is 6.92 Å². The van der Waals surface area contributed by atoms with Gasteiger partial charge < -0.3 is 20.1 Å². The van der Waals surface area contributed by atoms with Crippen LogP contribution in [0.3, 0.4) is 0 Å². The van der Waals surface area contributed by atoms with E-state index < -0.39 is 5.60 Å². The number of aliphatic hydroxyl groups is 3. The first kappa shape index (κ1) is 19.1. The summed E-state index contributed by atoms with van der Waals surface area (Å²) in [4.78, 5) is 11.6. The summed E-state index contributed by atoms with van der Waals surface area (Å²) in [6.07, 6.45) is 9.47. The van der Waals surface area contributed by atoms with Crippen LogP contribution in [-0.2, 0) is 9.53 Å². The Labute approximate surface area is 167 Å². The first-order valence-electron chi connectivity index (χ1n) is 11.2. The maximum atomic E-state index is 12.1. The zero-order valence-electron chi connectivity index (χ0n) is 16.9. The Hall–Kier alpha value is -0.910. The lowest BCUT2D eigenvalue weighted by molar-refractivity contribution is -0.219. The zero-order chi connectivity index (χ0) is 19.7. The summed E-state index contributed by atoms with van der Waals surface area (Å²) in [5, 5.41) is 32.8. The lowest BCUT2D eigenvalue weighted by Crippen LogP contribution is -2.63. The van der Waals surface area contributed by atoms with Crippen molar-refractivity contribution in [2.45, 2.75) is 76.4 Å². The minimum atomic E-state index is -0.740. The molecule has 5 heteroatoms. The number of aliphatic hydroxyl groups excluding tert-OH is 2. The Morgan fingerprint density at radius 3 is 2.64 bits per heavy atom. The minimum absolute atomic E-state index is 0.136. The molecule has 4 aliphatic carbocycles. The molecule has 0 saturated heterocycles. The van der Waals surface area contributed by atoms with Crippen LogP contribution >= 0.6 is 0 Å². The number of fused-ring (bicyclic) bond motifs is 5. The van der Waals surface area contributed by atoms with Crippen molar-refractivity contribution in [1.82, 2.24) is 0 Å². The number of ether oxygens (including phenoxy) is 1. The van der Waals surface area contributed by atoms with E-state index in [9.17, 15) is 20.1 Å². The molecule has 5 rings (SSSR count). The van der Waals surface area contributed by atoms with Gasteiger partial charge in [-0.25, -0.2) is 4.79 Å². The van der Waals surface area contributed by atoms with Crippen molar-refractivity contribution in [3.8, 4) is 0 Å². The first-order valence-corrected chi connectivity index (χ1v) is 11.2. The largest absolute Gasteiger partial charge is 0.458 e. The van der Waals surface area contributed by atoms with Crippen LogP contribution in [0.5, 0.6) is 0 Å². The summed E-state index contributed by atoms with van der Waals surface area (Å²) in [6, 6.07) is 0. The van der Waals surface area contributed by atoms with Crippen LogP contribution in [0.4, 0.5) is 0 Å². The van der Waals surface area contributed by atoms with Gasteiger partial charge in [0, 0.05) is 18.1 Å². The Kier molecular flexibility index (Phi) is 4.29. The fourth-order valence-electron chi connectivity index (χ4n) is 8.49. The number of cyclic esters (lactones) is 1. The molecule has 1 heterocycles. The Balaban J connectivity index is 1.48. The SMILES string of the molecule is C[C@]12CC[C@@H]3[C@H](CC[C@@H]4C[C@@H](O)CC[C@@]43CO)[C@@]1(O)CC[C@@H]2C1=CC(=O)OC1. The average Bonchev–Trinajstić information content (AvgIpc) is 3.22. The molecule has 1 aliphatic heterocycles. The number of esters is 1. The number of carbonyl (C=O) groups is 1. The fourth-order valence-corrected chi connectivity index (χ4v) is 8.49. The van der Waals surface area contributed by atoms with Gasteiger partial charge in [0.1, 0.15) is 6.61 Å². The number of carbonyl (C=O) groups excluding carboxylic acids is 1. The quantitative estimate of drug-likeness (QED) is 0.631. The van der Waals surface area contributed by atoms with E-state index in [1.54, 1.807) is 6.08 Å². The van der Waals surface area contributed by atoms with Crippen LogP contribution < -0.4 is 0 Å². The van der Waals surface area contributed by atoms with Gasteiger partial charge in [-0.15, -0.1) is 0 Å². The molecule has 8 atom stereocenters. The van der Waals surface area contributed by atoms with Gasteiger partial charge in [0.15, 0.2) is 0 Å². The molecule has 3 N–H and O–H groups in total. The molecule has 28 heavy (non-hydrogen) atoms. The van der Waals surface area contributed by atoms with Gasteiger partial charge in [-0.05, 0) is 92.4 Å². The van der Waals surface area contributed by atoms with E-state index in [0.717, 1.165) is 63.4 Å². The van der Waals surface area contributed by atoms with Gasteiger partial charge in [0.2, 0.25) is 0 Å². The molecular weight excluding hydrogens is 356 g/mol. The van der Waals surface area contributed by atoms with Crippen LogP contribution in [0, 0.1) is 34.5 Å². The Morgan fingerprint density at radius 2 is 1.93 bits per heavy atom. The molecule has 0 aromatic carbocycles. The number of rotatable bonds is 2. The van der Waals surface area contributed by atoms with Gasteiger partial charge in [-0.2, -0.15) is 0 Å². The predicted molar refractivity (Wildman–Crippen MR) is 103 cm³/mol. The van der Waals surface area contributed by atoms with Gasteiger partial charge >= 0.3 is 5.97 Å². The molecule has 0 bridgehead atoms. The maximum Gasteiger partial charge on any atom is 0.331 e. The molecular formula is C23H34O5. The fraction of sp³-hybridized carbons (Fsp3) is 0.870.